The maximum atomic E-state index is 5.77. The zero-order valence-corrected chi connectivity index (χ0v) is 12.4. The van der Waals surface area contributed by atoms with Crippen LogP contribution in [0, 0.1) is 13.8 Å². The van der Waals surface area contributed by atoms with Crippen LogP contribution in [0.2, 0.25) is 0 Å². The monoisotopic (exact) mass is 283 g/mol. The van der Waals surface area contributed by atoms with Gasteiger partial charge in [-0.1, -0.05) is 18.2 Å². The lowest BCUT2D eigenvalue weighted by atomic mass is 10.0. The summed E-state index contributed by atoms with van der Waals surface area (Å²) in [4.78, 5) is 6.03. The molecule has 0 saturated heterocycles. The molecule has 0 aliphatic carbocycles. The molecule has 0 saturated carbocycles. The van der Waals surface area contributed by atoms with Crippen LogP contribution in [0.5, 0.6) is 0 Å². The largest absolute Gasteiger partial charge is 0.271 e. The lowest BCUT2D eigenvalue weighted by Crippen LogP contribution is -2.29. The average molecular weight is 283 g/mol. The molecule has 4 heteroatoms. The van der Waals surface area contributed by atoms with Gasteiger partial charge >= 0.3 is 0 Å². The maximum absolute atomic E-state index is 5.77. The molecule has 1 atom stereocenters. The summed E-state index contributed by atoms with van der Waals surface area (Å²) in [5.74, 6) is 5.77. The molecule has 0 bridgehead atoms. The molecule has 1 aromatic carbocycles. The molecular formula is C16H17N3S. The molecule has 2 heterocycles. The summed E-state index contributed by atoms with van der Waals surface area (Å²) in [6.07, 6.45) is 0. The van der Waals surface area contributed by atoms with E-state index in [2.05, 4.69) is 42.9 Å². The topological polar surface area (TPSA) is 50.9 Å². The van der Waals surface area contributed by atoms with Crippen LogP contribution < -0.4 is 11.3 Å². The smallest absolute Gasteiger partial charge is 0.0892 e. The van der Waals surface area contributed by atoms with Crippen molar-refractivity contribution in [2.75, 3.05) is 0 Å². The van der Waals surface area contributed by atoms with Gasteiger partial charge in [-0.05, 0) is 48.6 Å². The van der Waals surface area contributed by atoms with Gasteiger partial charge in [0.05, 0.1) is 17.3 Å². The minimum atomic E-state index is -0.0652. The zero-order chi connectivity index (χ0) is 14.1. The highest BCUT2D eigenvalue weighted by atomic mass is 32.1. The van der Waals surface area contributed by atoms with Crippen molar-refractivity contribution in [3.8, 4) is 0 Å². The van der Waals surface area contributed by atoms with Crippen molar-refractivity contribution in [2.24, 2.45) is 5.84 Å². The van der Waals surface area contributed by atoms with E-state index in [0.717, 1.165) is 11.2 Å². The summed E-state index contributed by atoms with van der Waals surface area (Å²) < 4.78 is 0. The van der Waals surface area contributed by atoms with E-state index in [-0.39, 0.29) is 6.04 Å². The Balaban J connectivity index is 2.15. The molecule has 0 amide bonds. The van der Waals surface area contributed by atoms with Gasteiger partial charge in [0.1, 0.15) is 0 Å². The van der Waals surface area contributed by atoms with Gasteiger partial charge in [0.25, 0.3) is 0 Å². The quantitative estimate of drug-likeness (QED) is 0.571. The number of para-hydroxylation sites is 1. The molecule has 2 aromatic heterocycles. The first-order valence-corrected chi connectivity index (χ1v) is 7.45. The number of pyridine rings is 1. The van der Waals surface area contributed by atoms with Crippen LogP contribution in [-0.4, -0.2) is 4.98 Å². The Hall–Kier alpha value is -1.75. The lowest BCUT2D eigenvalue weighted by molar-refractivity contribution is 0.622. The molecule has 0 aliphatic rings. The number of thiophene rings is 1. The molecule has 0 spiro atoms. The highest BCUT2D eigenvalue weighted by Gasteiger charge is 2.18. The normalized spacial score (nSPS) is 12.8. The fraction of sp³-hybridized carbons (Fsp3) is 0.188. The predicted octanol–water partition coefficient (Wildman–Crippen LogP) is 3.47. The molecule has 0 fully saturated rings. The number of hydrogen-bond donors (Lipinski definition) is 2. The third-order valence-electron chi connectivity index (χ3n) is 3.62. The summed E-state index contributed by atoms with van der Waals surface area (Å²) in [7, 11) is 0. The first-order valence-electron chi connectivity index (χ1n) is 6.57. The van der Waals surface area contributed by atoms with E-state index in [0.29, 0.717) is 0 Å². The summed E-state index contributed by atoms with van der Waals surface area (Å²) in [6.45, 7) is 4.22. The summed E-state index contributed by atoms with van der Waals surface area (Å²) >= 11 is 1.73. The minimum Gasteiger partial charge on any atom is -0.271 e. The van der Waals surface area contributed by atoms with Gasteiger partial charge < -0.3 is 0 Å². The molecule has 20 heavy (non-hydrogen) atoms. The number of nitrogens with one attached hydrogen (secondary N) is 1. The van der Waals surface area contributed by atoms with Crippen molar-refractivity contribution in [3.05, 3.63) is 63.5 Å². The van der Waals surface area contributed by atoms with Crippen LogP contribution in [0.3, 0.4) is 0 Å². The van der Waals surface area contributed by atoms with Gasteiger partial charge in [0, 0.05) is 10.3 Å². The first kappa shape index (κ1) is 13.2. The molecule has 0 aliphatic heterocycles. The van der Waals surface area contributed by atoms with Crippen molar-refractivity contribution in [1.29, 1.82) is 0 Å². The van der Waals surface area contributed by atoms with Crippen LogP contribution in [0.15, 0.2) is 41.8 Å². The lowest BCUT2D eigenvalue weighted by Gasteiger charge is -2.17. The number of rotatable bonds is 3. The molecular weight excluding hydrogens is 266 g/mol. The highest BCUT2D eigenvalue weighted by molar-refractivity contribution is 7.10. The Bertz CT molecular complexity index is 748. The molecule has 3 nitrogen and oxygen atoms in total. The van der Waals surface area contributed by atoms with E-state index in [1.165, 1.54) is 21.4 Å². The Labute approximate surface area is 122 Å². The highest BCUT2D eigenvalue weighted by Crippen LogP contribution is 2.28. The van der Waals surface area contributed by atoms with Gasteiger partial charge in [-0.3, -0.25) is 10.8 Å². The molecule has 0 radical (unpaired) electrons. The Kier molecular flexibility index (Phi) is 3.53. The molecule has 3 rings (SSSR count). The number of hydrazine groups is 1. The number of nitrogens with zero attached hydrogens (tertiary/aromatic N) is 1. The fourth-order valence-corrected chi connectivity index (χ4v) is 3.29. The number of nitrogens with two attached hydrogens (primary N) is 1. The third-order valence-corrected chi connectivity index (χ3v) is 4.48. The predicted molar refractivity (Wildman–Crippen MR) is 84.7 cm³/mol. The van der Waals surface area contributed by atoms with E-state index >= 15 is 0 Å². The second-order valence-electron chi connectivity index (χ2n) is 4.91. The van der Waals surface area contributed by atoms with E-state index in [4.69, 9.17) is 10.8 Å². The molecule has 3 N–H and O–H groups in total. The number of aromatic nitrogens is 1. The van der Waals surface area contributed by atoms with Gasteiger partial charge in [0.15, 0.2) is 0 Å². The van der Waals surface area contributed by atoms with Gasteiger partial charge in [-0.25, -0.2) is 5.43 Å². The second-order valence-corrected chi connectivity index (χ2v) is 6.03. The number of benzene rings is 1. The maximum Gasteiger partial charge on any atom is 0.0892 e. The van der Waals surface area contributed by atoms with Gasteiger partial charge in [-0.15, -0.1) is 11.3 Å². The SMILES string of the molecule is Cc1sccc1C(NN)c1cc(C)c2ccccc2n1. The second kappa shape index (κ2) is 5.32. The van der Waals surface area contributed by atoms with Crippen molar-refractivity contribution >= 4 is 22.2 Å². The molecule has 3 aromatic rings. The third kappa shape index (κ3) is 2.22. The van der Waals surface area contributed by atoms with Crippen molar-refractivity contribution in [2.45, 2.75) is 19.9 Å². The minimum absolute atomic E-state index is 0.0652. The Morgan fingerprint density at radius 2 is 2.00 bits per heavy atom. The van der Waals surface area contributed by atoms with Crippen molar-refractivity contribution < 1.29 is 0 Å². The van der Waals surface area contributed by atoms with E-state index < -0.39 is 0 Å². The van der Waals surface area contributed by atoms with E-state index in [9.17, 15) is 0 Å². The van der Waals surface area contributed by atoms with Gasteiger partial charge in [-0.2, -0.15) is 0 Å². The Morgan fingerprint density at radius 1 is 1.20 bits per heavy atom. The van der Waals surface area contributed by atoms with Crippen LogP contribution in [0.1, 0.15) is 27.7 Å². The molecule has 1 unspecified atom stereocenters. The number of fused-ring (bicyclic) bond motifs is 1. The van der Waals surface area contributed by atoms with E-state index in [1.54, 1.807) is 11.3 Å². The summed E-state index contributed by atoms with van der Waals surface area (Å²) in [6, 6.07) is 12.4. The first-order chi connectivity index (χ1) is 9.70. The van der Waals surface area contributed by atoms with Crippen molar-refractivity contribution in [3.63, 3.8) is 0 Å². The van der Waals surface area contributed by atoms with Crippen LogP contribution in [0.25, 0.3) is 10.9 Å². The standard InChI is InChI=1S/C16H17N3S/c1-10-9-15(18-14-6-4-3-5-12(10)14)16(19-17)13-7-8-20-11(13)2/h3-9,16,19H,17H2,1-2H3. The molecule has 102 valence electrons. The fourth-order valence-electron chi connectivity index (χ4n) is 2.55. The van der Waals surface area contributed by atoms with E-state index in [1.807, 2.05) is 18.2 Å². The number of hydrogen-bond acceptors (Lipinski definition) is 4. The zero-order valence-electron chi connectivity index (χ0n) is 11.6. The average Bonchev–Trinajstić information content (AvgIpc) is 2.86. The Morgan fingerprint density at radius 3 is 2.70 bits per heavy atom. The van der Waals surface area contributed by atoms with Crippen LogP contribution >= 0.6 is 11.3 Å². The summed E-state index contributed by atoms with van der Waals surface area (Å²) in [5.41, 5.74) is 7.29. The van der Waals surface area contributed by atoms with Crippen LogP contribution in [-0.2, 0) is 0 Å². The van der Waals surface area contributed by atoms with Gasteiger partial charge in [0.2, 0.25) is 0 Å². The summed E-state index contributed by atoms with van der Waals surface area (Å²) in [5, 5.41) is 3.28. The van der Waals surface area contributed by atoms with Crippen LogP contribution in [0.4, 0.5) is 0 Å². The van der Waals surface area contributed by atoms with Crippen molar-refractivity contribution in [1.82, 2.24) is 10.4 Å². The number of aryl methyl sites for hydroxylation is 2.